The molecule has 0 N–H and O–H groups in total. The van der Waals surface area contributed by atoms with Crippen LogP contribution in [0.4, 0.5) is 0 Å². The summed E-state index contributed by atoms with van der Waals surface area (Å²) in [6.07, 6.45) is 5.12. The van der Waals surface area contributed by atoms with Crippen LogP contribution in [0.2, 0.25) is 6.34 Å². The number of fused-ring (bicyclic) bond motifs is 6. The van der Waals surface area contributed by atoms with Crippen LogP contribution in [0.25, 0.3) is 33.7 Å². The van der Waals surface area contributed by atoms with Gasteiger partial charge in [0.1, 0.15) is 0 Å². The topological polar surface area (TPSA) is 0 Å². The molecule has 0 amide bonds. The van der Waals surface area contributed by atoms with Gasteiger partial charge in [-0.05, 0) is 0 Å². The van der Waals surface area contributed by atoms with E-state index in [1.807, 2.05) is 0 Å². The molecule has 2 unspecified atom stereocenters. The zero-order chi connectivity index (χ0) is 24.3. The average molecular weight is 692 g/mol. The van der Waals surface area contributed by atoms with Gasteiger partial charge in [0.2, 0.25) is 0 Å². The summed E-state index contributed by atoms with van der Waals surface area (Å²) < 4.78 is 2.11. The Bertz CT molecular complexity index is 1520. The standard InChI is InChI=1S/2C14H11.C6H12.2ClH.Hf/c2*1-10-8-12-7-6-11-4-2-3-5-13(11)14(12)9-10;1-5(2)6(3)4;;;/h2*2-9H,1H3;1-4H3;2*1H;/q;;;;;+2/p-2. The summed E-state index contributed by atoms with van der Waals surface area (Å²) in [4.78, 5) is 0. The van der Waals surface area contributed by atoms with Gasteiger partial charge in [0.05, 0.1) is 0 Å². The summed E-state index contributed by atoms with van der Waals surface area (Å²) in [6.45, 7) is 15.4. The number of allylic oxidation sites excluding steroid dienone is 2. The van der Waals surface area contributed by atoms with Crippen molar-refractivity contribution in [2.24, 2.45) is 0 Å². The molecule has 0 nitrogen and oxygen atoms in total. The summed E-state index contributed by atoms with van der Waals surface area (Å²) in [5, 5.41) is 5.59. The molecule has 1 heterocycles. The second-order valence-corrected chi connectivity index (χ2v) is 31.7. The van der Waals surface area contributed by atoms with E-state index in [1.165, 1.54) is 32.7 Å². The molecule has 3 aliphatic rings. The van der Waals surface area contributed by atoms with Gasteiger partial charge in [0, 0.05) is 0 Å². The number of hydrogen-bond donors (Lipinski definition) is 0. The number of benzene rings is 4. The summed E-state index contributed by atoms with van der Waals surface area (Å²) in [5.74, 6) is 0. The molecule has 4 aromatic carbocycles. The molecule has 0 saturated carbocycles. The second kappa shape index (κ2) is 8.67. The maximum absolute atomic E-state index is 3.24. The van der Waals surface area contributed by atoms with Gasteiger partial charge in [-0.3, -0.25) is 0 Å². The normalized spacial score (nSPS) is 22.5. The molecular weight excluding hydrogens is 658 g/mol. The van der Waals surface area contributed by atoms with Gasteiger partial charge in [-0.25, -0.2) is 0 Å². The van der Waals surface area contributed by atoms with Crippen molar-refractivity contribution >= 4 is 33.7 Å². The molecule has 1 saturated heterocycles. The van der Waals surface area contributed by atoms with Crippen LogP contribution in [0, 0.1) is 0 Å². The van der Waals surface area contributed by atoms with E-state index >= 15 is 0 Å². The van der Waals surface area contributed by atoms with E-state index in [9.17, 15) is 0 Å². The molecule has 188 valence electrons. The molecular formula is C34H34Cl2Hf. The third kappa shape index (κ3) is 3.11. The third-order valence-corrected chi connectivity index (χ3v) is 41.3. The molecule has 0 radical (unpaired) electrons. The Morgan fingerprint density at radius 1 is 0.541 bits per heavy atom. The van der Waals surface area contributed by atoms with Crippen LogP contribution in [0.15, 0.2) is 83.9 Å². The molecule has 3 heteroatoms. The predicted octanol–water partition coefficient (Wildman–Crippen LogP) is 4.18. The summed E-state index contributed by atoms with van der Waals surface area (Å²) in [7, 11) is 0. The fraction of sp³-hybridized carbons (Fsp3) is 0.294. The SMILES string of the molecule is CC1=Cc2c(ccc3ccccc23)[CH]1[Hf+2]1([CH]2C(C)=Cc3c2ccc2ccccc32)[C](C)(C)[C]1(C)C.[Cl-].[Cl-]. The Morgan fingerprint density at radius 2 is 0.919 bits per heavy atom. The van der Waals surface area contributed by atoms with Gasteiger partial charge in [0.15, 0.2) is 0 Å². The molecule has 2 aliphatic carbocycles. The van der Waals surface area contributed by atoms with E-state index in [1.54, 1.807) is 22.3 Å². The first-order chi connectivity index (χ1) is 16.7. The fourth-order valence-corrected chi connectivity index (χ4v) is 45.7. The van der Waals surface area contributed by atoms with E-state index in [2.05, 4.69) is 126 Å². The Balaban J connectivity index is 0.00000140. The largest absolute Gasteiger partial charge is 1.00 e. The summed E-state index contributed by atoms with van der Waals surface area (Å²) in [5.41, 5.74) is 9.51. The maximum Gasteiger partial charge on any atom is -1.00 e. The monoisotopic (exact) mass is 692 g/mol. The van der Waals surface area contributed by atoms with Crippen LogP contribution in [-0.2, 0) is 20.0 Å². The third-order valence-electron chi connectivity index (χ3n) is 10.8. The van der Waals surface area contributed by atoms with E-state index in [0.717, 1.165) is 0 Å². The average Bonchev–Trinajstić information content (AvgIpc) is 3.18. The van der Waals surface area contributed by atoms with Crippen molar-refractivity contribution in [2.75, 3.05) is 0 Å². The Morgan fingerprint density at radius 3 is 1.30 bits per heavy atom. The first-order valence-electron chi connectivity index (χ1n) is 13.1. The molecule has 37 heavy (non-hydrogen) atoms. The minimum absolute atomic E-state index is 0. The van der Waals surface area contributed by atoms with Crippen molar-refractivity contribution < 1.29 is 44.8 Å². The minimum atomic E-state index is -3.24. The van der Waals surface area contributed by atoms with Gasteiger partial charge < -0.3 is 24.8 Å². The van der Waals surface area contributed by atoms with Gasteiger partial charge in [0.25, 0.3) is 0 Å². The molecule has 0 bridgehead atoms. The van der Waals surface area contributed by atoms with E-state index in [0.29, 0.717) is 13.7 Å². The van der Waals surface area contributed by atoms with Crippen molar-refractivity contribution in [3.05, 3.63) is 106 Å². The first kappa shape index (κ1) is 26.9. The molecule has 4 aromatic rings. The van der Waals surface area contributed by atoms with Gasteiger partial charge >= 0.3 is 215 Å². The number of rotatable bonds is 2. The molecule has 0 aromatic heterocycles. The van der Waals surface area contributed by atoms with E-state index in [-0.39, 0.29) is 24.8 Å². The van der Waals surface area contributed by atoms with Crippen molar-refractivity contribution in [3.63, 3.8) is 0 Å². The van der Waals surface area contributed by atoms with Crippen molar-refractivity contribution in [1.82, 2.24) is 0 Å². The number of hydrogen-bond acceptors (Lipinski definition) is 0. The molecule has 1 aliphatic heterocycles. The van der Waals surface area contributed by atoms with Crippen LogP contribution in [0.3, 0.4) is 0 Å². The van der Waals surface area contributed by atoms with Crippen molar-refractivity contribution in [1.29, 1.82) is 0 Å². The molecule has 1 fully saturated rings. The van der Waals surface area contributed by atoms with Gasteiger partial charge in [-0.15, -0.1) is 0 Å². The Hall–Kier alpha value is -1.67. The summed E-state index contributed by atoms with van der Waals surface area (Å²) >= 11 is -3.24. The van der Waals surface area contributed by atoms with E-state index in [4.69, 9.17) is 0 Å². The van der Waals surface area contributed by atoms with Crippen molar-refractivity contribution in [3.8, 4) is 0 Å². The number of halogens is 2. The maximum atomic E-state index is 2.63. The van der Waals surface area contributed by atoms with Crippen LogP contribution in [-0.4, -0.2) is 0 Å². The van der Waals surface area contributed by atoms with Crippen molar-refractivity contribution in [2.45, 2.75) is 55.2 Å². The quantitative estimate of drug-likeness (QED) is 0.277. The molecule has 7 rings (SSSR count). The first-order valence-corrected chi connectivity index (χ1v) is 20.9. The zero-order valence-corrected chi connectivity index (χ0v) is 27.6. The smallest absolute Gasteiger partial charge is 1.00 e. The van der Waals surface area contributed by atoms with Gasteiger partial charge in [-0.2, -0.15) is 0 Å². The van der Waals surface area contributed by atoms with Crippen LogP contribution < -0.4 is 24.8 Å². The molecule has 0 spiro atoms. The Labute approximate surface area is 238 Å². The zero-order valence-electron chi connectivity index (χ0n) is 22.5. The summed E-state index contributed by atoms with van der Waals surface area (Å²) in [6, 6.07) is 27.7. The van der Waals surface area contributed by atoms with Crippen LogP contribution in [0.1, 0.15) is 71.1 Å². The Kier molecular flexibility index (Phi) is 6.31. The fourth-order valence-electron chi connectivity index (χ4n) is 8.78. The second-order valence-electron chi connectivity index (χ2n) is 12.3. The molecule has 2 atom stereocenters. The van der Waals surface area contributed by atoms with Crippen LogP contribution >= 0.6 is 0 Å². The van der Waals surface area contributed by atoms with E-state index < -0.39 is 20.0 Å². The minimum Gasteiger partial charge on any atom is -1.00 e. The van der Waals surface area contributed by atoms with Crippen LogP contribution in [0.5, 0.6) is 0 Å². The van der Waals surface area contributed by atoms with Gasteiger partial charge in [-0.1, -0.05) is 0 Å². The predicted molar refractivity (Wildman–Crippen MR) is 149 cm³/mol.